The van der Waals surface area contributed by atoms with Crippen molar-refractivity contribution in [2.45, 2.75) is 25.0 Å². The van der Waals surface area contributed by atoms with E-state index in [4.69, 9.17) is 4.74 Å². The molecule has 0 aliphatic carbocycles. The van der Waals surface area contributed by atoms with Crippen LogP contribution in [0.1, 0.15) is 11.1 Å². The zero-order chi connectivity index (χ0) is 24.4. The minimum Gasteiger partial charge on any atom is -0.478 e. The van der Waals surface area contributed by atoms with Gasteiger partial charge in [-0.15, -0.1) is 0 Å². The Morgan fingerprint density at radius 1 is 0.788 bits per heavy atom. The van der Waals surface area contributed by atoms with Crippen LogP contribution >= 0.6 is 0 Å². The molecule has 0 bridgehead atoms. The number of hydrogen-bond acceptors (Lipinski definition) is 8. The summed E-state index contributed by atoms with van der Waals surface area (Å²) in [5.74, 6) is -2.45. The molecule has 2 aromatic carbocycles. The van der Waals surface area contributed by atoms with Gasteiger partial charge in [0.05, 0.1) is 14.2 Å². The second-order valence-corrected chi connectivity index (χ2v) is 6.81. The summed E-state index contributed by atoms with van der Waals surface area (Å²) in [5, 5.41) is 24.5. The number of carbonyl (C=O) groups is 4. The average molecular weight is 460 g/mol. The van der Waals surface area contributed by atoms with Crippen molar-refractivity contribution < 1.29 is 43.6 Å². The highest BCUT2D eigenvalue weighted by Crippen LogP contribution is 2.15. The lowest BCUT2D eigenvalue weighted by atomic mass is 10.1. The van der Waals surface area contributed by atoms with Crippen molar-refractivity contribution in [1.29, 1.82) is 0 Å². The van der Waals surface area contributed by atoms with E-state index in [0.717, 1.165) is 0 Å². The van der Waals surface area contributed by atoms with Crippen LogP contribution in [-0.4, -0.2) is 60.8 Å². The molecular formula is C22H24N2O9. The highest BCUT2D eigenvalue weighted by atomic mass is 16.6. The van der Waals surface area contributed by atoms with Gasteiger partial charge in [-0.3, -0.25) is 10.6 Å². The molecule has 33 heavy (non-hydrogen) atoms. The van der Waals surface area contributed by atoms with Gasteiger partial charge < -0.3 is 24.4 Å². The number of carboxylic acids is 1. The summed E-state index contributed by atoms with van der Waals surface area (Å²) in [7, 11) is 2.45. The van der Waals surface area contributed by atoms with E-state index in [1.165, 1.54) is 14.2 Å². The van der Waals surface area contributed by atoms with Crippen molar-refractivity contribution in [3.63, 3.8) is 0 Å². The van der Waals surface area contributed by atoms with E-state index >= 15 is 0 Å². The molecule has 2 rings (SSSR count). The van der Waals surface area contributed by atoms with Gasteiger partial charge in [0.2, 0.25) is 6.10 Å². The van der Waals surface area contributed by atoms with Gasteiger partial charge in [0.1, 0.15) is 0 Å². The Balaban J connectivity index is 1.94. The molecule has 2 aromatic rings. The van der Waals surface area contributed by atoms with Crippen LogP contribution in [0.5, 0.6) is 0 Å². The maximum atomic E-state index is 12.2. The van der Waals surface area contributed by atoms with Crippen molar-refractivity contribution in [2.24, 2.45) is 0 Å². The molecule has 0 aliphatic rings. The molecule has 11 nitrogen and oxygen atoms in total. The number of carboxylic acid groups (broad SMARTS) is 1. The molecule has 0 spiro atoms. The molecule has 2 unspecified atom stereocenters. The molecule has 0 aliphatic heterocycles. The van der Waals surface area contributed by atoms with Crippen LogP contribution in [0, 0.1) is 0 Å². The third-order valence-electron chi connectivity index (χ3n) is 4.43. The predicted octanol–water partition coefficient (Wildman–Crippen LogP) is 2.19. The van der Waals surface area contributed by atoms with E-state index in [0.29, 0.717) is 22.5 Å². The zero-order valence-corrected chi connectivity index (χ0v) is 17.9. The second-order valence-electron chi connectivity index (χ2n) is 6.81. The molecule has 0 aromatic heterocycles. The summed E-state index contributed by atoms with van der Waals surface area (Å²) in [6.45, 7) is 0. The molecule has 0 radical (unpaired) electrons. The minimum atomic E-state index is -1.59. The molecule has 0 saturated carbocycles. The third kappa shape index (κ3) is 8.15. The van der Waals surface area contributed by atoms with Gasteiger partial charge in [0, 0.05) is 24.2 Å². The van der Waals surface area contributed by atoms with Gasteiger partial charge in [-0.25, -0.2) is 19.2 Å². The number of aliphatic hydroxyl groups excluding tert-OH is 1. The van der Waals surface area contributed by atoms with Crippen LogP contribution in [-0.2, 0) is 36.6 Å². The molecule has 4 N–H and O–H groups in total. The summed E-state index contributed by atoms with van der Waals surface area (Å²) in [6.07, 6.45) is -4.64. The van der Waals surface area contributed by atoms with Crippen LogP contribution < -0.4 is 10.6 Å². The lowest BCUT2D eigenvalue weighted by Crippen LogP contribution is -2.35. The van der Waals surface area contributed by atoms with Crippen LogP contribution in [0.2, 0.25) is 0 Å². The zero-order valence-electron chi connectivity index (χ0n) is 17.9. The molecule has 0 heterocycles. The van der Waals surface area contributed by atoms with Gasteiger partial charge in [-0.05, 0) is 35.4 Å². The first-order chi connectivity index (χ1) is 15.7. The number of benzene rings is 2. The number of rotatable bonds is 9. The number of ether oxygens (including phenoxy) is 3. The Hall–Kier alpha value is -4.12. The molecular weight excluding hydrogens is 436 g/mol. The van der Waals surface area contributed by atoms with Gasteiger partial charge in [-0.2, -0.15) is 0 Å². The van der Waals surface area contributed by atoms with Crippen molar-refractivity contribution in [2.75, 3.05) is 24.9 Å². The Bertz CT molecular complexity index is 974. The molecule has 0 fully saturated rings. The largest absolute Gasteiger partial charge is 0.478 e. The van der Waals surface area contributed by atoms with Crippen LogP contribution in [0.15, 0.2) is 48.5 Å². The molecule has 0 saturated heterocycles. The minimum absolute atomic E-state index is 0.114. The SMILES string of the molecule is COC(=O)Nc1ccc(CC(O)C(=O)OC(Cc2ccc(NC(=O)OC)cc2)C(=O)O)cc1. The Kier molecular flexibility index (Phi) is 9.18. The number of esters is 1. The number of aliphatic hydroxyl groups is 1. The fourth-order valence-electron chi connectivity index (χ4n) is 2.70. The number of methoxy groups -OCH3 is 2. The second kappa shape index (κ2) is 12.1. The average Bonchev–Trinajstić information content (AvgIpc) is 2.80. The number of anilines is 2. The Morgan fingerprint density at radius 2 is 1.21 bits per heavy atom. The predicted molar refractivity (Wildman–Crippen MR) is 116 cm³/mol. The highest BCUT2D eigenvalue weighted by molar-refractivity contribution is 5.85. The van der Waals surface area contributed by atoms with Gasteiger partial charge in [0.25, 0.3) is 0 Å². The van der Waals surface area contributed by atoms with E-state index in [1.54, 1.807) is 48.5 Å². The van der Waals surface area contributed by atoms with Gasteiger partial charge in [-0.1, -0.05) is 24.3 Å². The summed E-state index contributed by atoms with van der Waals surface area (Å²) >= 11 is 0. The smallest absolute Gasteiger partial charge is 0.411 e. The summed E-state index contributed by atoms with van der Waals surface area (Å²) in [4.78, 5) is 46.2. The molecule has 2 amide bonds. The first-order valence-electron chi connectivity index (χ1n) is 9.71. The van der Waals surface area contributed by atoms with E-state index in [-0.39, 0.29) is 12.8 Å². The number of nitrogens with one attached hydrogen (secondary N) is 2. The van der Waals surface area contributed by atoms with Crippen LogP contribution in [0.4, 0.5) is 21.0 Å². The van der Waals surface area contributed by atoms with Crippen molar-refractivity contribution in [3.05, 3.63) is 59.7 Å². The third-order valence-corrected chi connectivity index (χ3v) is 4.43. The van der Waals surface area contributed by atoms with Gasteiger partial charge >= 0.3 is 24.1 Å². The van der Waals surface area contributed by atoms with E-state index in [1.807, 2.05) is 0 Å². The molecule has 11 heteroatoms. The number of amides is 2. The van der Waals surface area contributed by atoms with E-state index < -0.39 is 36.3 Å². The quantitative estimate of drug-likeness (QED) is 0.325. The Morgan fingerprint density at radius 3 is 1.61 bits per heavy atom. The maximum Gasteiger partial charge on any atom is 0.411 e. The van der Waals surface area contributed by atoms with Crippen molar-refractivity contribution in [3.8, 4) is 0 Å². The number of hydrogen-bond donors (Lipinski definition) is 4. The maximum absolute atomic E-state index is 12.2. The van der Waals surface area contributed by atoms with E-state index in [9.17, 15) is 29.4 Å². The standard InChI is InChI=1S/C22H24N2O9/c1-31-21(29)23-15-7-3-13(4-8-15)11-17(25)20(28)33-18(19(26)27)12-14-5-9-16(10-6-14)24-22(30)32-2/h3-10,17-18,25H,11-12H2,1-2H3,(H,23,29)(H,24,30)(H,26,27). The summed E-state index contributed by atoms with van der Waals surface area (Å²) in [6, 6.07) is 12.5. The normalized spacial score (nSPS) is 12.1. The van der Waals surface area contributed by atoms with Crippen LogP contribution in [0.3, 0.4) is 0 Å². The fourth-order valence-corrected chi connectivity index (χ4v) is 2.70. The number of aliphatic carboxylic acids is 1. The first kappa shape index (κ1) is 25.1. The summed E-state index contributed by atoms with van der Waals surface area (Å²) < 4.78 is 14.0. The monoisotopic (exact) mass is 460 g/mol. The molecule has 176 valence electrons. The lowest BCUT2D eigenvalue weighted by Gasteiger charge is -2.17. The number of carbonyl (C=O) groups excluding carboxylic acids is 3. The van der Waals surface area contributed by atoms with Crippen molar-refractivity contribution >= 4 is 35.5 Å². The van der Waals surface area contributed by atoms with Crippen molar-refractivity contribution in [1.82, 2.24) is 0 Å². The molecule has 2 atom stereocenters. The fraction of sp³-hybridized carbons (Fsp3) is 0.273. The van der Waals surface area contributed by atoms with E-state index in [2.05, 4.69) is 20.1 Å². The lowest BCUT2D eigenvalue weighted by molar-refractivity contribution is -0.170. The topological polar surface area (TPSA) is 160 Å². The van der Waals surface area contributed by atoms with Gasteiger partial charge in [0.15, 0.2) is 6.10 Å². The van der Waals surface area contributed by atoms with Crippen LogP contribution in [0.25, 0.3) is 0 Å². The first-order valence-corrected chi connectivity index (χ1v) is 9.71. The highest BCUT2D eigenvalue weighted by Gasteiger charge is 2.27. The summed E-state index contributed by atoms with van der Waals surface area (Å²) in [5.41, 5.74) is 2.00. The Labute approximate surface area is 189 Å².